The SMILES string of the molecule is O=C(NC1CCOCC1O)C1=CN(Cc2ccc(F)cc2)c2cccc(F)c2O1. The number of anilines is 1. The van der Waals surface area contributed by atoms with Crippen LogP contribution in [0.5, 0.6) is 5.75 Å². The Morgan fingerprint density at radius 1 is 1.21 bits per heavy atom. The average molecular weight is 402 g/mol. The fourth-order valence-corrected chi connectivity index (χ4v) is 3.33. The molecule has 8 heteroatoms. The fourth-order valence-electron chi connectivity index (χ4n) is 3.33. The van der Waals surface area contributed by atoms with E-state index in [0.29, 0.717) is 18.7 Å². The highest BCUT2D eigenvalue weighted by atomic mass is 19.1. The molecule has 6 nitrogen and oxygen atoms in total. The largest absolute Gasteiger partial charge is 0.445 e. The van der Waals surface area contributed by atoms with Crippen molar-refractivity contribution in [2.75, 3.05) is 18.1 Å². The molecule has 1 saturated heterocycles. The molecule has 2 unspecified atom stereocenters. The van der Waals surface area contributed by atoms with Gasteiger partial charge in [0.1, 0.15) is 5.82 Å². The van der Waals surface area contributed by atoms with Crippen LogP contribution in [-0.2, 0) is 16.1 Å². The lowest BCUT2D eigenvalue weighted by Gasteiger charge is -2.31. The Labute approximate surface area is 166 Å². The summed E-state index contributed by atoms with van der Waals surface area (Å²) in [6, 6.07) is 9.91. The van der Waals surface area contributed by atoms with Gasteiger partial charge in [-0.2, -0.15) is 0 Å². The lowest BCUT2D eigenvalue weighted by atomic mass is 10.1. The zero-order valence-electron chi connectivity index (χ0n) is 15.5. The van der Waals surface area contributed by atoms with Gasteiger partial charge in [-0.3, -0.25) is 4.79 Å². The summed E-state index contributed by atoms with van der Waals surface area (Å²) in [6.07, 6.45) is 1.12. The van der Waals surface area contributed by atoms with E-state index in [1.165, 1.54) is 24.4 Å². The van der Waals surface area contributed by atoms with Gasteiger partial charge in [0.2, 0.25) is 5.76 Å². The van der Waals surface area contributed by atoms with Crippen LogP contribution >= 0.6 is 0 Å². The van der Waals surface area contributed by atoms with Gasteiger partial charge >= 0.3 is 0 Å². The van der Waals surface area contributed by atoms with Crippen LogP contribution in [0.2, 0.25) is 0 Å². The molecule has 1 fully saturated rings. The van der Waals surface area contributed by atoms with Gasteiger partial charge in [0.05, 0.1) is 30.6 Å². The van der Waals surface area contributed by atoms with Crippen LogP contribution in [0.1, 0.15) is 12.0 Å². The predicted octanol–water partition coefficient (Wildman–Crippen LogP) is 2.47. The topological polar surface area (TPSA) is 71.0 Å². The molecule has 152 valence electrons. The van der Waals surface area contributed by atoms with Crippen molar-refractivity contribution < 1.29 is 28.2 Å². The average Bonchev–Trinajstić information content (AvgIpc) is 2.72. The van der Waals surface area contributed by atoms with Gasteiger partial charge in [-0.15, -0.1) is 0 Å². The molecule has 0 aromatic heterocycles. The molecule has 0 bridgehead atoms. The first-order valence-electron chi connectivity index (χ1n) is 9.27. The second-order valence-electron chi connectivity index (χ2n) is 6.95. The van der Waals surface area contributed by atoms with Crippen LogP contribution in [0.4, 0.5) is 14.5 Å². The number of nitrogens with one attached hydrogen (secondary N) is 1. The Hall–Kier alpha value is -2.97. The number of halogens is 2. The van der Waals surface area contributed by atoms with E-state index in [-0.39, 0.29) is 30.5 Å². The number of hydrogen-bond acceptors (Lipinski definition) is 5. The van der Waals surface area contributed by atoms with E-state index in [1.807, 2.05) is 0 Å². The molecule has 2 atom stereocenters. The molecule has 2 aromatic carbocycles. The van der Waals surface area contributed by atoms with Gasteiger partial charge in [0.25, 0.3) is 5.91 Å². The third kappa shape index (κ3) is 4.23. The molecule has 4 rings (SSSR count). The number of carbonyl (C=O) groups is 1. The minimum Gasteiger partial charge on any atom is -0.445 e. The van der Waals surface area contributed by atoms with E-state index in [9.17, 15) is 18.7 Å². The van der Waals surface area contributed by atoms with Crippen LogP contribution in [0.15, 0.2) is 54.4 Å². The molecule has 2 aliphatic heterocycles. The smallest absolute Gasteiger partial charge is 0.288 e. The Morgan fingerprint density at radius 2 is 2.00 bits per heavy atom. The van der Waals surface area contributed by atoms with Gasteiger partial charge in [-0.05, 0) is 36.2 Å². The van der Waals surface area contributed by atoms with Crippen molar-refractivity contribution in [3.8, 4) is 5.75 Å². The number of amides is 1. The first kappa shape index (κ1) is 19.4. The molecule has 2 heterocycles. The lowest BCUT2D eigenvalue weighted by molar-refractivity contribution is -0.122. The minimum absolute atomic E-state index is 0.0604. The van der Waals surface area contributed by atoms with Crippen LogP contribution in [-0.4, -0.2) is 36.4 Å². The number of aliphatic hydroxyl groups is 1. The number of carbonyl (C=O) groups excluding carboxylic acids is 1. The summed E-state index contributed by atoms with van der Waals surface area (Å²) >= 11 is 0. The molecule has 2 N–H and O–H groups in total. The Kier molecular flexibility index (Phi) is 5.46. The van der Waals surface area contributed by atoms with Crippen LogP contribution in [0.25, 0.3) is 0 Å². The maximum absolute atomic E-state index is 14.4. The summed E-state index contributed by atoms with van der Waals surface area (Å²) in [5.41, 5.74) is 1.23. The third-order valence-corrected chi connectivity index (χ3v) is 4.87. The molecule has 29 heavy (non-hydrogen) atoms. The number of fused-ring (bicyclic) bond motifs is 1. The zero-order chi connectivity index (χ0) is 20.4. The van der Waals surface area contributed by atoms with Crippen molar-refractivity contribution in [3.63, 3.8) is 0 Å². The Bertz CT molecular complexity index is 933. The molecule has 1 amide bonds. The second kappa shape index (κ2) is 8.18. The molecular weight excluding hydrogens is 382 g/mol. The molecule has 0 saturated carbocycles. The minimum atomic E-state index is -0.823. The van der Waals surface area contributed by atoms with E-state index in [1.54, 1.807) is 29.2 Å². The van der Waals surface area contributed by atoms with Gasteiger partial charge in [0, 0.05) is 13.2 Å². The quantitative estimate of drug-likeness (QED) is 0.822. The number of ether oxygens (including phenoxy) is 2. The van der Waals surface area contributed by atoms with E-state index in [2.05, 4.69) is 5.32 Å². The van der Waals surface area contributed by atoms with E-state index in [0.717, 1.165) is 5.56 Å². The maximum atomic E-state index is 14.4. The van der Waals surface area contributed by atoms with Gasteiger partial charge in [-0.1, -0.05) is 18.2 Å². The van der Waals surface area contributed by atoms with Crippen molar-refractivity contribution >= 4 is 11.6 Å². The zero-order valence-corrected chi connectivity index (χ0v) is 15.5. The van der Waals surface area contributed by atoms with Crippen molar-refractivity contribution in [1.82, 2.24) is 5.32 Å². The third-order valence-electron chi connectivity index (χ3n) is 4.87. The highest BCUT2D eigenvalue weighted by Crippen LogP contribution is 2.37. The summed E-state index contributed by atoms with van der Waals surface area (Å²) in [6.45, 7) is 0.853. The molecular formula is C21H20F2N2O4. The Balaban J connectivity index is 1.60. The van der Waals surface area contributed by atoms with E-state index in [4.69, 9.17) is 9.47 Å². The Morgan fingerprint density at radius 3 is 2.76 bits per heavy atom. The number of nitrogens with zero attached hydrogens (tertiary/aromatic N) is 1. The van der Waals surface area contributed by atoms with Crippen LogP contribution in [0, 0.1) is 11.6 Å². The van der Waals surface area contributed by atoms with Gasteiger partial charge < -0.3 is 24.8 Å². The predicted molar refractivity (Wildman–Crippen MR) is 101 cm³/mol. The number of para-hydroxylation sites is 1. The molecule has 0 aliphatic carbocycles. The number of rotatable bonds is 4. The molecule has 2 aromatic rings. The first-order valence-corrected chi connectivity index (χ1v) is 9.27. The maximum Gasteiger partial charge on any atom is 0.288 e. The summed E-state index contributed by atoms with van der Waals surface area (Å²) < 4.78 is 38.3. The highest BCUT2D eigenvalue weighted by molar-refractivity contribution is 5.93. The molecule has 0 spiro atoms. The monoisotopic (exact) mass is 402 g/mol. The molecule has 2 aliphatic rings. The summed E-state index contributed by atoms with van der Waals surface area (Å²) in [5, 5.41) is 12.7. The fraction of sp³-hybridized carbons (Fsp3) is 0.286. The lowest BCUT2D eigenvalue weighted by Crippen LogP contribution is -2.49. The normalized spacial score (nSPS) is 21.1. The summed E-state index contributed by atoms with van der Waals surface area (Å²) in [4.78, 5) is 14.4. The van der Waals surface area contributed by atoms with E-state index < -0.39 is 23.9 Å². The summed E-state index contributed by atoms with van der Waals surface area (Å²) in [5.74, 6) is -1.67. The molecule has 0 radical (unpaired) electrons. The number of hydrogen-bond donors (Lipinski definition) is 2. The van der Waals surface area contributed by atoms with Crippen molar-refractivity contribution in [2.24, 2.45) is 0 Å². The van der Waals surface area contributed by atoms with Crippen molar-refractivity contribution in [1.29, 1.82) is 0 Å². The first-order chi connectivity index (χ1) is 14.0. The van der Waals surface area contributed by atoms with E-state index >= 15 is 0 Å². The standard InChI is InChI=1S/C21H20F2N2O4/c22-14-6-4-13(5-7-14)10-25-11-19(29-20-15(23)2-1-3-17(20)25)21(27)24-16-8-9-28-12-18(16)26/h1-7,11,16,18,26H,8-10,12H2,(H,24,27). The number of benzene rings is 2. The van der Waals surface area contributed by atoms with Crippen LogP contribution in [0.3, 0.4) is 0 Å². The van der Waals surface area contributed by atoms with Crippen molar-refractivity contribution in [3.05, 3.63) is 71.6 Å². The van der Waals surface area contributed by atoms with Crippen molar-refractivity contribution in [2.45, 2.75) is 25.1 Å². The number of aliphatic hydroxyl groups excluding tert-OH is 1. The van der Waals surface area contributed by atoms with Gasteiger partial charge in [-0.25, -0.2) is 8.78 Å². The second-order valence-corrected chi connectivity index (χ2v) is 6.95. The summed E-state index contributed by atoms with van der Waals surface area (Å²) in [7, 11) is 0. The van der Waals surface area contributed by atoms with Gasteiger partial charge in [0.15, 0.2) is 11.6 Å². The highest BCUT2D eigenvalue weighted by Gasteiger charge is 2.30. The van der Waals surface area contributed by atoms with Crippen LogP contribution < -0.4 is 15.0 Å².